The van der Waals surface area contributed by atoms with Crippen LogP contribution in [0.5, 0.6) is 0 Å². The summed E-state index contributed by atoms with van der Waals surface area (Å²) in [4.78, 5) is 9.23. The second-order valence-electron chi connectivity index (χ2n) is 8.40. The van der Waals surface area contributed by atoms with E-state index in [4.69, 9.17) is 0 Å². The van der Waals surface area contributed by atoms with Crippen molar-refractivity contribution in [2.45, 2.75) is 72.8 Å². The Labute approximate surface area is 185 Å². The van der Waals surface area contributed by atoms with Gasteiger partial charge in [-0.1, -0.05) is 31.4 Å². The molecule has 1 aromatic heterocycles. The van der Waals surface area contributed by atoms with Gasteiger partial charge >= 0.3 is 0 Å². The molecule has 1 N–H and O–H groups in total. The normalized spacial score (nSPS) is 12.3. The van der Waals surface area contributed by atoms with Crippen LogP contribution in [0.15, 0.2) is 41.4 Å². The summed E-state index contributed by atoms with van der Waals surface area (Å²) in [6.07, 6.45) is 8.64. The summed E-state index contributed by atoms with van der Waals surface area (Å²) in [5, 5.41) is 3.06. The first-order valence-corrected chi connectivity index (χ1v) is 11.1. The van der Waals surface area contributed by atoms with Crippen molar-refractivity contribution in [3.8, 4) is 0 Å². The molecule has 1 unspecified atom stereocenters. The molecule has 5 heteroatoms. The molecule has 3 nitrogen and oxygen atoms in total. The third-order valence-corrected chi connectivity index (χ3v) is 5.44. The highest BCUT2D eigenvalue weighted by Crippen LogP contribution is 2.25. The van der Waals surface area contributed by atoms with Crippen LogP contribution in [0.4, 0.5) is 20.4 Å². The maximum Gasteiger partial charge on any atom is 0.156 e. The molecule has 1 heterocycles. The zero-order valence-corrected chi connectivity index (χ0v) is 19.3. The smallest absolute Gasteiger partial charge is 0.156 e. The molecule has 0 saturated carbocycles. The van der Waals surface area contributed by atoms with Crippen molar-refractivity contribution in [3.63, 3.8) is 0 Å². The molecule has 2 rings (SSSR count). The third-order valence-electron chi connectivity index (χ3n) is 5.44. The van der Waals surface area contributed by atoms with Crippen molar-refractivity contribution >= 4 is 17.9 Å². The second-order valence-corrected chi connectivity index (χ2v) is 8.40. The van der Waals surface area contributed by atoms with Crippen LogP contribution < -0.4 is 5.32 Å². The lowest BCUT2D eigenvalue weighted by atomic mass is 9.93. The lowest BCUT2D eigenvalue weighted by Crippen LogP contribution is -2.07. The molecule has 0 spiro atoms. The topological polar surface area (TPSA) is 37.3 Å². The Bertz CT molecular complexity index is 886. The number of rotatable bonds is 12. The van der Waals surface area contributed by atoms with E-state index in [9.17, 15) is 8.78 Å². The van der Waals surface area contributed by atoms with E-state index in [2.05, 4.69) is 35.7 Å². The molecule has 1 aromatic carbocycles. The van der Waals surface area contributed by atoms with Crippen LogP contribution in [0, 0.1) is 31.4 Å². The van der Waals surface area contributed by atoms with Gasteiger partial charge in [-0.05, 0) is 81.7 Å². The summed E-state index contributed by atoms with van der Waals surface area (Å²) in [6, 6.07) is 5.87. The highest BCUT2D eigenvalue weighted by molar-refractivity contribution is 5.65. The Kier molecular flexibility index (Phi) is 9.83. The molecular weight excluding hydrogens is 392 g/mol. The Balaban J connectivity index is 2.06. The average Bonchev–Trinajstić information content (AvgIpc) is 2.70. The summed E-state index contributed by atoms with van der Waals surface area (Å²) >= 11 is 0. The summed E-state index contributed by atoms with van der Waals surface area (Å²) in [7, 11) is 0. The predicted octanol–water partition coefficient (Wildman–Crippen LogP) is 7.84. The first-order chi connectivity index (χ1) is 14.8. The molecule has 0 aliphatic rings. The Morgan fingerprint density at radius 2 is 1.90 bits per heavy atom. The van der Waals surface area contributed by atoms with Crippen LogP contribution in [0.2, 0.25) is 0 Å². The summed E-state index contributed by atoms with van der Waals surface area (Å²) in [5.74, 6) is 0.708. The number of anilines is 1. The third kappa shape index (κ3) is 7.89. The van der Waals surface area contributed by atoms with Crippen LogP contribution in [0.1, 0.15) is 69.1 Å². The molecule has 31 heavy (non-hydrogen) atoms. The van der Waals surface area contributed by atoms with Gasteiger partial charge in [0.1, 0.15) is 17.5 Å². The molecule has 0 radical (unpaired) electrons. The van der Waals surface area contributed by atoms with Crippen molar-refractivity contribution in [1.29, 1.82) is 0 Å². The van der Waals surface area contributed by atoms with Crippen LogP contribution in [0.3, 0.4) is 0 Å². The standard InChI is InChI=1S/C26H35F2N3/c1-6-9-21(11-7-10-18(2)3)14-15-29-25-19(4)16-20(5)26(31-25)30-17-22-23(27)12-8-13-24(22)28/h8,12-13,15-16,21H,2,6-7,9-11,14,17H2,1,3-5H3,(H,30,31)/b29-15+. The van der Waals surface area contributed by atoms with E-state index in [0.717, 1.165) is 36.8 Å². The molecule has 0 aliphatic heterocycles. The highest BCUT2D eigenvalue weighted by Gasteiger charge is 2.11. The van der Waals surface area contributed by atoms with Gasteiger partial charge in [-0.15, -0.1) is 6.58 Å². The number of halogens is 2. The van der Waals surface area contributed by atoms with Crippen molar-refractivity contribution in [2.75, 3.05) is 5.32 Å². The van der Waals surface area contributed by atoms with Gasteiger partial charge in [-0.3, -0.25) is 0 Å². The number of hydrogen-bond donors (Lipinski definition) is 1. The Morgan fingerprint density at radius 3 is 2.55 bits per heavy atom. The SMILES string of the molecule is C=C(C)CCCC(C/C=N/c1nc(NCc2c(F)cccc2F)c(C)cc1C)CCC. The Hall–Kier alpha value is -2.56. The zero-order valence-electron chi connectivity index (χ0n) is 19.3. The minimum atomic E-state index is -0.566. The molecule has 1 atom stereocenters. The van der Waals surface area contributed by atoms with Crippen molar-refractivity contribution < 1.29 is 8.78 Å². The van der Waals surface area contributed by atoms with Crippen LogP contribution >= 0.6 is 0 Å². The Morgan fingerprint density at radius 1 is 1.19 bits per heavy atom. The summed E-state index contributed by atoms with van der Waals surface area (Å²) in [5.41, 5.74) is 3.13. The number of nitrogens with zero attached hydrogens (tertiary/aromatic N) is 2. The van der Waals surface area contributed by atoms with E-state index in [-0.39, 0.29) is 12.1 Å². The minimum absolute atomic E-state index is 0.00601. The number of aryl methyl sites for hydroxylation is 2. The van der Waals surface area contributed by atoms with Crippen molar-refractivity contribution in [3.05, 3.63) is 64.7 Å². The number of hydrogen-bond acceptors (Lipinski definition) is 3. The van der Waals surface area contributed by atoms with Crippen LogP contribution in [0.25, 0.3) is 0 Å². The predicted molar refractivity (Wildman–Crippen MR) is 127 cm³/mol. The second kappa shape index (κ2) is 12.3. The number of benzene rings is 1. The summed E-state index contributed by atoms with van der Waals surface area (Å²) in [6.45, 7) is 12.2. The van der Waals surface area contributed by atoms with Gasteiger partial charge in [-0.2, -0.15) is 0 Å². The van der Waals surface area contributed by atoms with Crippen LogP contribution in [-0.4, -0.2) is 11.2 Å². The molecule has 168 valence electrons. The largest absolute Gasteiger partial charge is 0.365 e. The molecule has 0 bridgehead atoms. The number of pyridine rings is 1. The first kappa shape index (κ1) is 24.7. The lowest BCUT2D eigenvalue weighted by Gasteiger charge is -2.14. The van der Waals surface area contributed by atoms with E-state index < -0.39 is 11.6 Å². The molecule has 2 aromatic rings. The van der Waals surface area contributed by atoms with E-state index in [1.54, 1.807) is 0 Å². The van der Waals surface area contributed by atoms with E-state index in [1.807, 2.05) is 26.1 Å². The van der Waals surface area contributed by atoms with Gasteiger partial charge in [0.15, 0.2) is 5.82 Å². The fourth-order valence-corrected chi connectivity index (χ4v) is 3.69. The molecular formula is C26H35F2N3. The van der Waals surface area contributed by atoms with Gasteiger partial charge in [-0.25, -0.2) is 18.8 Å². The molecule has 0 fully saturated rings. The molecule has 0 saturated heterocycles. The number of allylic oxidation sites excluding steroid dienone is 1. The fourth-order valence-electron chi connectivity index (χ4n) is 3.69. The average molecular weight is 428 g/mol. The fraction of sp³-hybridized carbons (Fsp3) is 0.462. The van der Waals surface area contributed by atoms with Crippen molar-refractivity contribution in [1.82, 2.24) is 4.98 Å². The molecule has 0 aliphatic carbocycles. The number of nitrogens with one attached hydrogen (secondary N) is 1. The number of aliphatic imine (C=N–C) groups is 1. The van der Waals surface area contributed by atoms with Gasteiger partial charge in [0, 0.05) is 18.3 Å². The highest BCUT2D eigenvalue weighted by atomic mass is 19.1. The summed E-state index contributed by atoms with van der Waals surface area (Å²) < 4.78 is 27.8. The van der Waals surface area contributed by atoms with Gasteiger partial charge < -0.3 is 5.32 Å². The van der Waals surface area contributed by atoms with Crippen LogP contribution in [-0.2, 0) is 6.54 Å². The van der Waals surface area contributed by atoms with Crippen molar-refractivity contribution in [2.24, 2.45) is 10.9 Å². The zero-order chi connectivity index (χ0) is 22.8. The molecule has 0 amide bonds. The van der Waals surface area contributed by atoms with Gasteiger partial charge in [0.25, 0.3) is 0 Å². The van der Waals surface area contributed by atoms with Gasteiger partial charge in [0.05, 0.1) is 0 Å². The first-order valence-electron chi connectivity index (χ1n) is 11.1. The lowest BCUT2D eigenvalue weighted by molar-refractivity contribution is 0.448. The maximum absolute atomic E-state index is 13.9. The van der Waals surface area contributed by atoms with E-state index in [0.29, 0.717) is 17.6 Å². The quantitative estimate of drug-likeness (QED) is 0.277. The van der Waals surface area contributed by atoms with E-state index in [1.165, 1.54) is 36.6 Å². The number of aromatic nitrogens is 1. The van der Waals surface area contributed by atoms with E-state index >= 15 is 0 Å². The maximum atomic E-state index is 13.9. The monoisotopic (exact) mass is 427 g/mol. The van der Waals surface area contributed by atoms with Gasteiger partial charge in [0.2, 0.25) is 0 Å². The minimum Gasteiger partial charge on any atom is -0.365 e.